The van der Waals surface area contributed by atoms with Crippen molar-refractivity contribution in [1.82, 2.24) is 9.62 Å². The molecular weight excluding hydrogens is 516 g/mol. The summed E-state index contributed by atoms with van der Waals surface area (Å²) in [5.74, 6) is -1.68. The number of nitrogens with two attached hydrogens (primary N) is 1. The van der Waals surface area contributed by atoms with E-state index in [4.69, 9.17) is 10.5 Å². The van der Waals surface area contributed by atoms with E-state index in [0.717, 1.165) is 22.0 Å². The van der Waals surface area contributed by atoms with E-state index in [1.807, 2.05) is 6.92 Å². The Morgan fingerprint density at radius 1 is 1.23 bits per heavy atom. The van der Waals surface area contributed by atoms with Gasteiger partial charge >= 0.3 is 5.97 Å². The van der Waals surface area contributed by atoms with Crippen molar-refractivity contribution in [1.29, 1.82) is 5.26 Å². The summed E-state index contributed by atoms with van der Waals surface area (Å²) >= 11 is 0. The molecule has 2 aromatic rings. The molecule has 0 radical (unpaired) electrons. The van der Waals surface area contributed by atoms with Crippen molar-refractivity contribution in [2.75, 3.05) is 19.7 Å². The molecule has 0 bridgehead atoms. The predicted octanol–water partition coefficient (Wildman–Crippen LogP) is 2.29. The minimum Gasteiger partial charge on any atom is -0.464 e. The number of fused-ring (bicyclic) bond motifs is 1. The highest BCUT2D eigenvalue weighted by molar-refractivity contribution is 7.89. The lowest BCUT2D eigenvalue weighted by molar-refractivity contribution is -0.160. The van der Waals surface area contributed by atoms with Crippen LogP contribution in [0.2, 0.25) is 0 Å². The van der Waals surface area contributed by atoms with Gasteiger partial charge in [-0.3, -0.25) is 4.79 Å². The van der Waals surface area contributed by atoms with E-state index in [9.17, 15) is 23.3 Å². The molecular formula is C29H34N4O5S. The maximum Gasteiger partial charge on any atom is 0.335 e. The van der Waals surface area contributed by atoms with Gasteiger partial charge in [0, 0.05) is 19.5 Å². The van der Waals surface area contributed by atoms with Gasteiger partial charge < -0.3 is 15.8 Å². The molecule has 0 amide bonds. The average Bonchev–Trinajstić information content (AvgIpc) is 2.92. The van der Waals surface area contributed by atoms with Gasteiger partial charge in [0.25, 0.3) is 0 Å². The van der Waals surface area contributed by atoms with Crippen LogP contribution in [0, 0.1) is 18.3 Å². The van der Waals surface area contributed by atoms with Crippen LogP contribution in [-0.2, 0) is 43.7 Å². The fraction of sp³-hybridized carbons (Fsp3) is 0.414. The summed E-state index contributed by atoms with van der Waals surface area (Å²) in [7, 11) is -4.35. The molecule has 2 aromatic carbocycles. The SMILES string of the molecule is CCOC(=O)[C@]1(C(=O)C(N)Cc2cccc(C#N)c2)CC(C)=CCN1S(=O)(=O)c1ccc(C)c2c1CNCC2. The summed E-state index contributed by atoms with van der Waals surface area (Å²) in [4.78, 5) is 28.0. The summed E-state index contributed by atoms with van der Waals surface area (Å²) in [6.45, 7) is 6.19. The number of benzene rings is 2. The Kier molecular flexibility index (Phi) is 8.37. The van der Waals surface area contributed by atoms with Gasteiger partial charge in [-0.1, -0.05) is 29.8 Å². The fourth-order valence-electron chi connectivity index (χ4n) is 5.54. The Hall–Kier alpha value is -3.36. The highest BCUT2D eigenvalue weighted by Gasteiger charge is 2.59. The van der Waals surface area contributed by atoms with Crippen LogP contribution in [0.1, 0.15) is 48.1 Å². The van der Waals surface area contributed by atoms with Crippen LogP contribution >= 0.6 is 0 Å². The maximum absolute atomic E-state index is 14.4. The standard InChI is InChI=1S/C29H34N4O5S/c1-4-38-28(35)29(27(34)25(31)15-21-6-5-7-22(14-21)17-30)16-19(2)11-13-33(29)39(36,37)26-9-8-20(3)23-10-12-32-18-24(23)26/h5-9,11,14,25,32H,4,10,12-13,15-16,18,31H2,1-3H3/t25?,29-/m1/s1. The first-order valence-electron chi connectivity index (χ1n) is 13.0. The molecule has 4 rings (SSSR count). The van der Waals surface area contributed by atoms with Crippen molar-refractivity contribution in [3.63, 3.8) is 0 Å². The number of carbonyl (C=O) groups is 2. The molecule has 0 spiro atoms. The second kappa shape index (κ2) is 11.4. The third-order valence-electron chi connectivity index (χ3n) is 7.48. The van der Waals surface area contributed by atoms with Crippen molar-refractivity contribution in [2.24, 2.45) is 5.73 Å². The normalized spacial score (nSPS) is 20.3. The molecule has 0 aliphatic carbocycles. The number of ether oxygens (including phenoxy) is 1. The van der Waals surface area contributed by atoms with Gasteiger partial charge in [0.2, 0.25) is 10.0 Å². The minimum absolute atomic E-state index is 0.0238. The average molecular weight is 551 g/mol. The third kappa shape index (κ3) is 5.28. The predicted molar refractivity (Wildman–Crippen MR) is 146 cm³/mol. The van der Waals surface area contributed by atoms with E-state index < -0.39 is 33.4 Å². The monoisotopic (exact) mass is 550 g/mol. The van der Waals surface area contributed by atoms with Crippen LogP contribution in [0.5, 0.6) is 0 Å². The number of carbonyl (C=O) groups excluding carboxylic acids is 2. The number of ketones is 1. The molecule has 10 heteroatoms. The Morgan fingerprint density at radius 3 is 2.72 bits per heavy atom. The van der Waals surface area contributed by atoms with E-state index in [0.29, 0.717) is 35.2 Å². The number of hydrogen-bond acceptors (Lipinski definition) is 8. The Balaban J connectivity index is 1.84. The third-order valence-corrected chi connectivity index (χ3v) is 9.46. The smallest absolute Gasteiger partial charge is 0.335 e. The molecule has 2 aliphatic heterocycles. The van der Waals surface area contributed by atoms with E-state index in [1.54, 1.807) is 56.3 Å². The summed E-state index contributed by atoms with van der Waals surface area (Å²) < 4.78 is 35.2. The van der Waals surface area contributed by atoms with E-state index in [1.165, 1.54) is 0 Å². The number of hydrogen-bond donors (Lipinski definition) is 2. The van der Waals surface area contributed by atoms with Crippen LogP contribution < -0.4 is 11.1 Å². The summed E-state index contributed by atoms with van der Waals surface area (Å²) in [6, 6.07) is 10.8. The van der Waals surface area contributed by atoms with Crippen molar-refractivity contribution < 1.29 is 22.7 Å². The first kappa shape index (κ1) is 28.6. The lowest BCUT2D eigenvalue weighted by Crippen LogP contribution is -2.67. The number of aryl methyl sites for hydroxylation is 1. The highest BCUT2D eigenvalue weighted by atomic mass is 32.2. The van der Waals surface area contributed by atoms with Gasteiger partial charge in [-0.15, -0.1) is 0 Å². The molecule has 0 fully saturated rings. The van der Waals surface area contributed by atoms with Gasteiger partial charge in [-0.2, -0.15) is 9.57 Å². The number of esters is 1. The molecule has 0 saturated heterocycles. The fourth-order valence-corrected chi connectivity index (χ4v) is 7.43. The second-order valence-electron chi connectivity index (χ2n) is 10.1. The second-order valence-corrected chi connectivity index (χ2v) is 11.9. The molecule has 2 atom stereocenters. The zero-order valence-electron chi connectivity index (χ0n) is 22.5. The van der Waals surface area contributed by atoms with E-state index in [-0.39, 0.29) is 30.9 Å². The molecule has 206 valence electrons. The molecule has 9 nitrogen and oxygen atoms in total. The van der Waals surface area contributed by atoms with Gasteiger partial charge in [0.1, 0.15) is 0 Å². The van der Waals surface area contributed by atoms with Gasteiger partial charge in [-0.05, 0) is 80.6 Å². The first-order chi connectivity index (χ1) is 18.6. The topological polar surface area (TPSA) is 143 Å². The molecule has 2 heterocycles. The first-order valence-corrected chi connectivity index (χ1v) is 14.5. The van der Waals surface area contributed by atoms with E-state index >= 15 is 0 Å². The van der Waals surface area contributed by atoms with Crippen molar-refractivity contribution >= 4 is 21.8 Å². The molecule has 1 unspecified atom stereocenters. The molecule has 0 aromatic heterocycles. The molecule has 39 heavy (non-hydrogen) atoms. The van der Waals surface area contributed by atoms with Gasteiger partial charge in [0.15, 0.2) is 11.3 Å². The van der Waals surface area contributed by atoms with Crippen molar-refractivity contribution in [2.45, 2.75) is 63.1 Å². The summed E-state index contributed by atoms with van der Waals surface area (Å²) in [6.07, 6.45) is 2.25. The van der Waals surface area contributed by atoms with E-state index in [2.05, 4.69) is 11.4 Å². The Bertz CT molecular complexity index is 1480. The zero-order chi connectivity index (χ0) is 28.4. The quantitative estimate of drug-likeness (QED) is 0.290. The number of rotatable bonds is 8. The van der Waals surface area contributed by atoms with Gasteiger partial charge in [-0.25, -0.2) is 13.2 Å². The Labute approximate surface area is 229 Å². The minimum atomic E-state index is -4.35. The summed E-state index contributed by atoms with van der Waals surface area (Å²) in [5.41, 5.74) is 8.58. The van der Waals surface area contributed by atoms with Crippen LogP contribution in [0.4, 0.5) is 0 Å². The highest BCUT2D eigenvalue weighted by Crippen LogP contribution is 2.38. The number of nitriles is 1. The van der Waals surface area contributed by atoms with Gasteiger partial charge in [0.05, 0.1) is 29.2 Å². The lowest BCUT2D eigenvalue weighted by atomic mass is 9.80. The van der Waals surface area contributed by atoms with Crippen LogP contribution in [0.3, 0.4) is 0 Å². The largest absolute Gasteiger partial charge is 0.464 e. The van der Waals surface area contributed by atoms with Crippen LogP contribution in [0.15, 0.2) is 52.9 Å². The lowest BCUT2D eigenvalue weighted by Gasteiger charge is -2.43. The molecule has 0 saturated carbocycles. The number of sulfonamides is 1. The maximum atomic E-state index is 14.4. The Morgan fingerprint density at radius 2 is 2.00 bits per heavy atom. The van der Waals surface area contributed by atoms with Crippen LogP contribution in [-0.4, -0.2) is 55.8 Å². The number of nitrogens with one attached hydrogen (secondary N) is 1. The molecule has 2 aliphatic rings. The molecule has 3 N–H and O–H groups in total. The zero-order valence-corrected chi connectivity index (χ0v) is 23.3. The van der Waals surface area contributed by atoms with Crippen LogP contribution in [0.25, 0.3) is 0 Å². The summed E-state index contributed by atoms with van der Waals surface area (Å²) in [5, 5.41) is 12.5. The number of Topliss-reactive ketones (excluding diaryl/α,β-unsaturated/α-hetero) is 1. The van der Waals surface area contributed by atoms with Crippen molar-refractivity contribution in [3.05, 3.63) is 75.9 Å². The number of nitrogens with zero attached hydrogens (tertiary/aromatic N) is 2. The van der Waals surface area contributed by atoms with Crippen molar-refractivity contribution in [3.8, 4) is 6.07 Å².